The van der Waals surface area contributed by atoms with Gasteiger partial charge in [0.1, 0.15) is 0 Å². The van der Waals surface area contributed by atoms with Crippen molar-refractivity contribution in [3.63, 3.8) is 0 Å². The molecule has 0 aromatic carbocycles. The topological polar surface area (TPSA) is 15.3 Å². The molecule has 1 heterocycles. The molecule has 9 heavy (non-hydrogen) atoms. The van der Waals surface area contributed by atoms with Gasteiger partial charge in [0.2, 0.25) is 0 Å². The second kappa shape index (κ2) is 2.19. The normalized spacial score (nSPS) is 28.3. The fraction of sp³-hybridized carbons (Fsp3) is 1.00. The van der Waals surface area contributed by atoms with Crippen LogP contribution in [0.1, 0.15) is 0 Å². The van der Waals surface area contributed by atoms with Crippen LogP contribution in [-0.4, -0.2) is 37.6 Å². The summed E-state index contributed by atoms with van der Waals surface area (Å²) < 4.78 is 24.6. The van der Waals surface area contributed by atoms with Crippen molar-refractivity contribution >= 4 is 0 Å². The van der Waals surface area contributed by atoms with Gasteiger partial charge in [-0.05, 0) is 7.05 Å². The third kappa shape index (κ3) is 1.87. The van der Waals surface area contributed by atoms with Gasteiger partial charge in [-0.2, -0.15) is 8.78 Å². The molecule has 1 aliphatic heterocycles. The summed E-state index contributed by atoms with van der Waals surface area (Å²) in [5.74, 6) is 0. The second-order valence-corrected chi connectivity index (χ2v) is 2.37. The van der Waals surface area contributed by atoms with Crippen molar-refractivity contribution in [2.45, 2.75) is 6.05 Å². The number of nitrogens with one attached hydrogen (secondary N) is 1. The zero-order valence-corrected chi connectivity index (χ0v) is 5.32. The fourth-order valence-corrected chi connectivity index (χ4v) is 0.904. The molecule has 0 atom stereocenters. The number of likely N-dealkylation sites (N-methyl/N-ethyl adjacent to an activating group) is 1. The summed E-state index contributed by atoms with van der Waals surface area (Å²) in [5.41, 5.74) is 0. The van der Waals surface area contributed by atoms with Gasteiger partial charge in [-0.3, -0.25) is 10.2 Å². The van der Waals surface area contributed by atoms with Crippen molar-refractivity contribution in [3.8, 4) is 0 Å². The van der Waals surface area contributed by atoms with E-state index < -0.39 is 6.05 Å². The predicted molar refractivity (Wildman–Crippen MR) is 30.4 cm³/mol. The Hall–Kier alpha value is -0.220. The first-order valence-electron chi connectivity index (χ1n) is 2.91. The predicted octanol–water partition coefficient (Wildman–Crippen LogP) is 0.114. The number of hydrogen-bond acceptors (Lipinski definition) is 2. The maximum absolute atomic E-state index is 12.3. The zero-order chi connectivity index (χ0) is 6.91. The average molecular weight is 136 g/mol. The van der Waals surface area contributed by atoms with Crippen LogP contribution in [0.15, 0.2) is 0 Å². The lowest BCUT2D eigenvalue weighted by Gasteiger charge is -2.30. The lowest BCUT2D eigenvalue weighted by atomic mass is 10.3. The van der Waals surface area contributed by atoms with E-state index in [0.717, 1.165) is 0 Å². The van der Waals surface area contributed by atoms with Crippen LogP contribution in [0.2, 0.25) is 0 Å². The van der Waals surface area contributed by atoms with E-state index in [1.165, 1.54) is 0 Å². The smallest absolute Gasteiger partial charge is 0.298 e. The van der Waals surface area contributed by atoms with Gasteiger partial charge in [0.05, 0.1) is 6.54 Å². The van der Waals surface area contributed by atoms with Gasteiger partial charge in [-0.15, -0.1) is 0 Å². The molecule has 0 saturated carbocycles. The summed E-state index contributed by atoms with van der Waals surface area (Å²) in [4.78, 5) is 1.61. The Balaban J connectivity index is 2.41. The maximum atomic E-state index is 12.3. The van der Waals surface area contributed by atoms with E-state index in [-0.39, 0.29) is 6.54 Å². The lowest BCUT2D eigenvalue weighted by molar-refractivity contribution is -0.0777. The molecule has 1 N–H and O–H groups in total. The third-order valence-corrected chi connectivity index (χ3v) is 1.35. The van der Waals surface area contributed by atoms with Gasteiger partial charge in [-0.1, -0.05) is 0 Å². The number of halogens is 2. The van der Waals surface area contributed by atoms with Crippen molar-refractivity contribution < 1.29 is 8.78 Å². The number of nitrogens with zero attached hydrogens (tertiary/aromatic N) is 1. The number of rotatable bonds is 0. The zero-order valence-electron chi connectivity index (χ0n) is 5.32. The van der Waals surface area contributed by atoms with E-state index in [1.807, 2.05) is 0 Å². The fourth-order valence-electron chi connectivity index (χ4n) is 0.904. The molecule has 0 aliphatic carbocycles. The Bertz CT molecular complexity index is 105. The van der Waals surface area contributed by atoms with Crippen molar-refractivity contribution in [1.29, 1.82) is 0 Å². The maximum Gasteiger partial charge on any atom is 0.315 e. The molecule has 1 fully saturated rings. The molecule has 0 spiro atoms. The highest BCUT2D eigenvalue weighted by atomic mass is 19.3. The molecule has 2 nitrogen and oxygen atoms in total. The van der Waals surface area contributed by atoms with Crippen LogP contribution in [-0.2, 0) is 0 Å². The number of hydrogen-bond donors (Lipinski definition) is 1. The van der Waals surface area contributed by atoms with Crippen molar-refractivity contribution in [2.24, 2.45) is 0 Å². The molecule has 1 saturated heterocycles. The summed E-state index contributed by atoms with van der Waals surface area (Å²) in [7, 11) is 1.69. The van der Waals surface area contributed by atoms with E-state index in [1.54, 1.807) is 11.9 Å². The Labute approximate surface area is 52.8 Å². The van der Waals surface area contributed by atoms with Crippen LogP contribution in [0.4, 0.5) is 8.78 Å². The van der Waals surface area contributed by atoms with Crippen LogP contribution in [0.5, 0.6) is 0 Å². The SMILES string of the molecule is CN1CCNC(F)(F)C1. The Morgan fingerprint density at radius 3 is 2.56 bits per heavy atom. The molecule has 1 rings (SSSR count). The van der Waals surface area contributed by atoms with Gasteiger partial charge in [0.25, 0.3) is 0 Å². The van der Waals surface area contributed by atoms with Crippen molar-refractivity contribution in [3.05, 3.63) is 0 Å². The van der Waals surface area contributed by atoms with Crippen LogP contribution >= 0.6 is 0 Å². The third-order valence-electron chi connectivity index (χ3n) is 1.35. The van der Waals surface area contributed by atoms with Gasteiger partial charge in [0.15, 0.2) is 0 Å². The Kier molecular flexibility index (Phi) is 1.68. The molecule has 0 unspecified atom stereocenters. The highest BCUT2D eigenvalue weighted by molar-refractivity contribution is 4.74. The number of piperazine rings is 1. The monoisotopic (exact) mass is 136 g/mol. The summed E-state index contributed by atoms with van der Waals surface area (Å²) >= 11 is 0. The minimum Gasteiger partial charge on any atom is -0.298 e. The minimum atomic E-state index is -2.67. The second-order valence-electron chi connectivity index (χ2n) is 2.37. The van der Waals surface area contributed by atoms with Crippen LogP contribution in [0.25, 0.3) is 0 Å². The van der Waals surface area contributed by atoms with E-state index in [4.69, 9.17) is 0 Å². The van der Waals surface area contributed by atoms with Crippen molar-refractivity contribution in [2.75, 3.05) is 26.7 Å². The first-order valence-corrected chi connectivity index (χ1v) is 2.91. The molecule has 0 amide bonds. The van der Waals surface area contributed by atoms with Gasteiger partial charge >= 0.3 is 6.05 Å². The lowest BCUT2D eigenvalue weighted by Crippen LogP contribution is -2.53. The molecular formula is C5H10F2N2. The molecular weight excluding hydrogens is 126 g/mol. The standard InChI is InChI=1S/C5H10F2N2/c1-9-3-2-8-5(6,7)4-9/h8H,2-4H2,1H3. The first-order chi connectivity index (χ1) is 4.10. The summed E-state index contributed by atoms with van der Waals surface area (Å²) in [6.45, 7) is 0.909. The quantitative estimate of drug-likeness (QED) is 0.476. The molecule has 0 aromatic heterocycles. The summed E-state index contributed by atoms with van der Waals surface area (Å²) in [6, 6.07) is -2.67. The van der Waals surface area contributed by atoms with Gasteiger partial charge in [0, 0.05) is 13.1 Å². The molecule has 0 radical (unpaired) electrons. The van der Waals surface area contributed by atoms with Crippen LogP contribution < -0.4 is 5.32 Å². The van der Waals surface area contributed by atoms with Gasteiger partial charge < -0.3 is 0 Å². The van der Waals surface area contributed by atoms with Crippen LogP contribution in [0, 0.1) is 0 Å². The molecule has 54 valence electrons. The largest absolute Gasteiger partial charge is 0.315 e. The Morgan fingerprint density at radius 2 is 2.22 bits per heavy atom. The molecule has 4 heteroatoms. The molecule has 1 aliphatic rings. The summed E-state index contributed by atoms with van der Waals surface area (Å²) in [6.07, 6.45) is 0. The van der Waals surface area contributed by atoms with Crippen LogP contribution in [0.3, 0.4) is 0 Å². The highest BCUT2D eigenvalue weighted by Gasteiger charge is 2.32. The molecule has 0 aromatic rings. The van der Waals surface area contributed by atoms with E-state index >= 15 is 0 Å². The summed E-state index contributed by atoms with van der Waals surface area (Å²) in [5, 5.41) is 2.11. The van der Waals surface area contributed by atoms with E-state index in [0.29, 0.717) is 13.1 Å². The average Bonchev–Trinajstić information content (AvgIpc) is 1.60. The highest BCUT2D eigenvalue weighted by Crippen LogP contribution is 2.12. The number of alkyl halides is 2. The van der Waals surface area contributed by atoms with E-state index in [9.17, 15) is 8.78 Å². The Morgan fingerprint density at radius 1 is 1.56 bits per heavy atom. The van der Waals surface area contributed by atoms with Gasteiger partial charge in [-0.25, -0.2) is 0 Å². The minimum absolute atomic E-state index is 0.174. The van der Waals surface area contributed by atoms with Crippen molar-refractivity contribution in [1.82, 2.24) is 10.2 Å². The van der Waals surface area contributed by atoms with E-state index in [2.05, 4.69) is 5.32 Å². The molecule has 0 bridgehead atoms. The first kappa shape index (κ1) is 6.89.